The zero-order chi connectivity index (χ0) is 10.8. The molecule has 0 bridgehead atoms. The number of hydrogen-bond acceptors (Lipinski definition) is 3. The molecule has 0 aliphatic carbocycles. The quantitative estimate of drug-likeness (QED) is 0.778. The number of rotatable bonds is 2. The topological polar surface area (TPSA) is 49.7 Å². The molecule has 0 amide bonds. The van der Waals surface area contributed by atoms with Crippen molar-refractivity contribution >= 4 is 0 Å². The van der Waals surface area contributed by atoms with Crippen LogP contribution in [0.25, 0.3) is 0 Å². The van der Waals surface area contributed by atoms with E-state index in [1.165, 1.54) is 0 Å². The van der Waals surface area contributed by atoms with Crippen LogP contribution in [0.2, 0.25) is 0 Å². The minimum Gasteiger partial charge on any atom is -0.507 e. The molecule has 0 spiro atoms. The van der Waals surface area contributed by atoms with Crippen molar-refractivity contribution in [2.75, 3.05) is 0 Å². The lowest BCUT2D eigenvalue weighted by Crippen LogP contribution is -2.17. The van der Waals surface area contributed by atoms with Crippen LogP contribution in [0.5, 0.6) is 11.5 Å². The number of hydrogen-bond donors (Lipinski definition) is 2. The Morgan fingerprint density at radius 2 is 1.93 bits per heavy atom. The van der Waals surface area contributed by atoms with Crippen molar-refractivity contribution in [1.29, 1.82) is 0 Å². The van der Waals surface area contributed by atoms with Crippen molar-refractivity contribution < 1.29 is 28.1 Å². The first-order valence-corrected chi connectivity index (χ1v) is 3.61. The van der Waals surface area contributed by atoms with Crippen LogP contribution >= 0.6 is 0 Å². The summed E-state index contributed by atoms with van der Waals surface area (Å²) in [5.74, 6) is -0.957. The second-order valence-electron chi connectivity index (χ2n) is 2.50. The SMILES string of the molecule is OCc1ccc(OC(F)(F)F)cc1O. The fourth-order valence-electron chi connectivity index (χ4n) is 0.874. The van der Waals surface area contributed by atoms with Crippen LogP contribution < -0.4 is 4.74 Å². The average molecular weight is 208 g/mol. The molecule has 1 aromatic carbocycles. The number of halogens is 3. The maximum Gasteiger partial charge on any atom is 0.573 e. The maximum atomic E-state index is 11.7. The minimum atomic E-state index is -4.78. The van der Waals surface area contributed by atoms with Gasteiger partial charge in [0.1, 0.15) is 11.5 Å². The van der Waals surface area contributed by atoms with Crippen LogP contribution in [-0.4, -0.2) is 16.6 Å². The molecular weight excluding hydrogens is 201 g/mol. The third-order valence-electron chi connectivity index (χ3n) is 1.46. The first-order chi connectivity index (χ1) is 6.42. The molecular formula is C8H7F3O3. The standard InChI is InChI=1S/C8H7F3O3/c9-8(10,11)14-6-2-1-5(4-12)7(13)3-6/h1-3,12-13H,4H2. The smallest absolute Gasteiger partial charge is 0.507 e. The van der Waals surface area contributed by atoms with Gasteiger partial charge in [-0.05, 0) is 12.1 Å². The Morgan fingerprint density at radius 1 is 1.29 bits per heavy atom. The maximum absolute atomic E-state index is 11.7. The molecule has 14 heavy (non-hydrogen) atoms. The van der Waals surface area contributed by atoms with Gasteiger partial charge in [0, 0.05) is 11.6 Å². The summed E-state index contributed by atoms with van der Waals surface area (Å²) in [6.45, 7) is -0.446. The molecule has 0 saturated heterocycles. The largest absolute Gasteiger partial charge is 0.573 e. The third kappa shape index (κ3) is 2.81. The van der Waals surface area contributed by atoms with Crippen molar-refractivity contribution in [3.05, 3.63) is 23.8 Å². The Bertz CT molecular complexity index is 322. The summed E-state index contributed by atoms with van der Waals surface area (Å²) in [5.41, 5.74) is 0.138. The van der Waals surface area contributed by atoms with E-state index in [9.17, 15) is 13.2 Å². The molecule has 0 fully saturated rings. The van der Waals surface area contributed by atoms with Gasteiger partial charge in [0.25, 0.3) is 0 Å². The first kappa shape index (κ1) is 10.6. The fraction of sp³-hybridized carbons (Fsp3) is 0.250. The van der Waals surface area contributed by atoms with Gasteiger partial charge >= 0.3 is 6.36 Å². The van der Waals surface area contributed by atoms with E-state index >= 15 is 0 Å². The summed E-state index contributed by atoms with van der Waals surface area (Å²) in [4.78, 5) is 0. The third-order valence-corrected chi connectivity index (χ3v) is 1.46. The number of benzene rings is 1. The van der Waals surface area contributed by atoms with Crippen LogP contribution in [-0.2, 0) is 6.61 Å². The van der Waals surface area contributed by atoms with E-state index in [0.29, 0.717) is 0 Å². The van der Waals surface area contributed by atoms with Crippen LogP contribution in [0.4, 0.5) is 13.2 Å². The van der Waals surface area contributed by atoms with Crippen LogP contribution in [0.15, 0.2) is 18.2 Å². The summed E-state index contributed by atoms with van der Waals surface area (Å²) in [6.07, 6.45) is -4.78. The van der Waals surface area contributed by atoms with E-state index in [4.69, 9.17) is 10.2 Å². The normalized spacial score (nSPS) is 11.4. The second-order valence-corrected chi connectivity index (χ2v) is 2.50. The molecule has 3 nitrogen and oxygen atoms in total. The van der Waals surface area contributed by atoms with Gasteiger partial charge in [0.2, 0.25) is 0 Å². The molecule has 0 heterocycles. The number of ether oxygens (including phenoxy) is 1. The number of phenols is 1. The average Bonchev–Trinajstić information content (AvgIpc) is 2.01. The van der Waals surface area contributed by atoms with Crippen molar-refractivity contribution in [2.24, 2.45) is 0 Å². The Labute approximate surface area is 77.4 Å². The molecule has 78 valence electrons. The zero-order valence-electron chi connectivity index (χ0n) is 6.88. The lowest BCUT2D eigenvalue weighted by atomic mass is 10.2. The van der Waals surface area contributed by atoms with E-state index < -0.39 is 24.5 Å². The molecule has 0 saturated carbocycles. The van der Waals surface area contributed by atoms with Crippen molar-refractivity contribution in [3.8, 4) is 11.5 Å². The highest BCUT2D eigenvalue weighted by Crippen LogP contribution is 2.28. The predicted octanol–water partition coefficient (Wildman–Crippen LogP) is 1.78. The number of aliphatic hydroxyl groups excluding tert-OH is 1. The fourth-order valence-corrected chi connectivity index (χ4v) is 0.874. The summed E-state index contributed by atoms with van der Waals surface area (Å²) < 4.78 is 38.6. The van der Waals surface area contributed by atoms with E-state index in [0.717, 1.165) is 18.2 Å². The van der Waals surface area contributed by atoms with Crippen LogP contribution in [0.3, 0.4) is 0 Å². The van der Waals surface area contributed by atoms with Crippen molar-refractivity contribution in [1.82, 2.24) is 0 Å². The van der Waals surface area contributed by atoms with Gasteiger partial charge < -0.3 is 14.9 Å². The van der Waals surface area contributed by atoms with Gasteiger partial charge in [-0.15, -0.1) is 13.2 Å². The van der Waals surface area contributed by atoms with Crippen molar-refractivity contribution in [3.63, 3.8) is 0 Å². The van der Waals surface area contributed by atoms with E-state index in [1.807, 2.05) is 0 Å². The summed E-state index contributed by atoms with van der Waals surface area (Å²) in [6, 6.07) is 2.95. The summed E-state index contributed by atoms with van der Waals surface area (Å²) in [5, 5.41) is 17.7. The Balaban J connectivity index is 2.87. The van der Waals surface area contributed by atoms with Gasteiger partial charge in [-0.25, -0.2) is 0 Å². The van der Waals surface area contributed by atoms with Gasteiger partial charge in [0.15, 0.2) is 0 Å². The van der Waals surface area contributed by atoms with E-state index in [1.54, 1.807) is 0 Å². The summed E-state index contributed by atoms with van der Waals surface area (Å²) in [7, 11) is 0. The lowest BCUT2D eigenvalue weighted by Gasteiger charge is -2.09. The number of alkyl halides is 3. The highest BCUT2D eigenvalue weighted by Gasteiger charge is 2.31. The highest BCUT2D eigenvalue weighted by molar-refractivity contribution is 5.39. The first-order valence-electron chi connectivity index (χ1n) is 3.61. The van der Waals surface area contributed by atoms with Gasteiger partial charge in [-0.1, -0.05) is 0 Å². The molecule has 1 aromatic rings. The van der Waals surface area contributed by atoms with Gasteiger partial charge in [-0.2, -0.15) is 0 Å². The molecule has 1 rings (SSSR count). The second kappa shape index (κ2) is 3.75. The number of aromatic hydroxyl groups is 1. The lowest BCUT2D eigenvalue weighted by molar-refractivity contribution is -0.274. The van der Waals surface area contributed by atoms with E-state index in [2.05, 4.69) is 4.74 Å². The highest BCUT2D eigenvalue weighted by atomic mass is 19.4. The van der Waals surface area contributed by atoms with Crippen LogP contribution in [0.1, 0.15) is 5.56 Å². The molecule has 0 aromatic heterocycles. The van der Waals surface area contributed by atoms with Crippen LogP contribution in [0, 0.1) is 0 Å². The minimum absolute atomic E-state index is 0.138. The number of aliphatic hydroxyl groups is 1. The molecule has 2 N–H and O–H groups in total. The van der Waals surface area contributed by atoms with Gasteiger partial charge in [-0.3, -0.25) is 0 Å². The van der Waals surface area contributed by atoms with E-state index in [-0.39, 0.29) is 5.56 Å². The predicted molar refractivity (Wildman–Crippen MR) is 40.7 cm³/mol. The Morgan fingerprint density at radius 3 is 2.36 bits per heavy atom. The Hall–Kier alpha value is -1.43. The van der Waals surface area contributed by atoms with Crippen molar-refractivity contribution in [2.45, 2.75) is 13.0 Å². The monoisotopic (exact) mass is 208 g/mol. The molecule has 0 atom stereocenters. The molecule has 0 unspecified atom stereocenters. The molecule has 0 aliphatic rings. The molecule has 6 heteroatoms. The van der Waals surface area contributed by atoms with Gasteiger partial charge in [0.05, 0.1) is 6.61 Å². The Kier molecular flexibility index (Phi) is 2.85. The zero-order valence-corrected chi connectivity index (χ0v) is 6.88. The molecule has 0 radical (unpaired) electrons. The molecule has 0 aliphatic heterocycles. The summed E-state index contributed by atoms with van der Waals surface area (Å²) >= 11 is 0.